The van der Waals surface area contributed by atoms with E-state index in [1.807, 2.05) is 40.6 Å². The van der Waals surface area contributed by atoms with E-state index in [1.54, 1.807) is 13.2 Å². The number of piperazine rings is 1. The number of hydrogen-bond donors (Lipinski definition) is 1. The number of methoxy groups -OCH3 is 1. The van der Waals surface area contributed by atoms with Gasteiger partial charge < -0.3 is 19.9 Å². The fraction of sp³-hybridized carbons (Fsp3) is 0.579. The molecule has 1 unspecified atom stereocenters. The van der Waals surface area contributed by atoms with E-state index >= 15 is 0 Å². The molecule has 7 heteroatoms. The highest BCUT2D eigenvalue weighted by molar-refractivity contribution is 7.99. The second-order valence-electron chi connectivity index (χ2n) is 6.79. The molecule has 2 aliphatic rings. The molecule has 2 heterocycles. The van der Waals surface area contributed by atoms with E-state index in [2.05, 4.69) is 5.32 Å². The minimum absolute atomic E-state index is 0.000691. The van der Waals surface area contributed by atoms with Crippen molar-refractivity contribution in [2.24, 2.45) is 0 Å². The van der Waals surface area contributed by atoms with Gasteiger partial charge >= 0.3 is 0 Å². The van der Waals surface area contributed by atoms with Crippen LogP contribution in [0, 0.1) is 6.92 Å². The van der Waals surface area contributed by atoms with Crippen molar-refractivity contribution in [2.75, 3.05) is 51.3 Å². The topological polar surface area (TPSA) is 61.9 Å². The number of carbonyl (C=O) groups excluding carboxylic acids is 2. The zero-order chi connectivity index (χ0) is 18.5. The maximum absolute atomic E-state index is 12.7. The predicted molar refractivity (Wildman–Crippen MR) is 104 cm³/mol. The van der Waals surface area contributed by atoms with Crippen molar-refractivity contribution >= 4 is 23.6 Å². The van der Waals surface area contributed by atoms with Crippen LogP contribution in [0.2, 0.25) is 0 Å². The standard InChI is InChI=1S/C19H27N3O3S/c1-14-3-4-15(11-17(14)25-2)19(24)22-8-6-21(7-9-22)18(23)12-16-13-26-10-5-20-16/h3-4,11,16,20H,5-10,12-13H2,1-2H3. The summed E-state index contributed by atoms with van der Waals surface area (Å²) in [6, 6.07) is 5.81. The average molecular weight is 378 g/mol. The van der Waals surface area contributed by atoms with Crippen LogP contribution in [0.5, 0.6) is 5.75 Å². The van der Waals surface area contributed by atoms with Gasteiger partial charge in [0.2, 0.25) is 5.91 Å². The van der Waals surface area contributed by atoms with Gasteiger partial charge in [0, 0.05) is 62.3 Å². The third-order valence-electron chi connectivity index (χ3n) is 4.99. The summed E-state index contributed by atoms with van der Waals surface area (Å²) in [5.41, 5.74) is 1.64. The molecule has 6 nitrogen and oxygen atoms in total. The normalized spacial score (nSPS) is 20.8. The second-order valence-corrected chi connectivity index (χ2v) is 7.94. The summed E-state index contributed by atoms with van der Waals surface area (Å²) in [5.74, 6) is 3.03. The first-order valence-electron chi connectivity index (χ1n) is 9.11. The number of rotatable bonds is 4. The lowest BCUT2D eigenvalue weighted by Gasteiger charge is -2.36. The molecule has 0 radical (unpaired) electrons. The Bertz CT molecular complexity index is 653. The molecule has 0 aliphatic carbocycles. The Morgan fingerprint density at radius 2 is 1.96 bits per heavy atom. The smallest absolute Gasteiger partial charge is 0.254 e. The molecule has 2 saturated heterocycles. The Balaban J connectivity index is 1.52. The Kier molecular flexibility index (Phi) is 6.43. The summed E-state index contributed by atoms with van der Waals surface area (Å²) < 4.78 is 5.31. The third-order valence-corrected chi connectivity index (χ3v) is 6.12. The summed E-state index contributed by atoms with van der Waals surface area (Å²) >= 11 is 1.90. The highest BCUT2D eigenvalue weighted by Gasteiger charge is 2.27. The van der Waals surface area contributed by atoms with Crippen molar-refractivity contribution in [3.05, 3.63) is 29.3 Å². The number of ether oxygens (including phenoxy) is 1. The van der Waals surface area contributed by atoms with Crippen LogP contribution in [-0.2, 0) is 4.79 Å². The Hall–Kier alpha value is -1.73. The molecule has 0 spiro atoms. The van der Waals surface area contributed by atoms with Crippen molar-refractivity contribution in [1.82, 2.24) is 15.1 Å². The molecule has 0 aromatic heterocycles. The van der Waals surface area contributed by atoms with E-state index in [1.165, 1.54) is 0 Å². The van der Waals surface area contributed by atoms with Gasteiger partial charge in [-0.15, -0.1) is 0 Å². The van der Waals surface area contributed by atoms with Crippen LogP contribution in [0.25, 0.3) is 0 Å². The fourth-order valence-electron chi connectivity index (χ4n) is 3.39. The van der Waals surface area contributed by atoms with Gasteiger partial charge in [-0.05, 0) is 24.6 Å². The molecule has 0 bridgehead atoms. The minimum Gasteiger partial charge on any atom is -0.496 e. The van der Waals surface area contributed by atoms with Crippen LogP contribution in [0.1, 0.15) is 22.3 Å². The van der Waals surface area contributed by atoms with Crippen LogP contribution in [0.15, 0.2) is 18.2 Å². The largest absolute Gasteiger partial charge is 0.496 e. The first-order valence-corrected chi connectivity index (χ1v) is 10.3. The van der Waals surface area contributed by atoms with Crippen molar-refractivity contribution in [2.45, 2.75) is 19.4 Å². The van der Waals surface area contributed by atoms with E-state index in [0.29, 0.717) is 38.2 Å². The number of nitrogens with one attached hydrogen (secondary N) is 1. The molecular formula is C19H27N3O3S. The zero-order valence-electron chi connectivity index (χ0n) is 15.5. The molecule has 1 atom stereocenters. The highest BCUT2D eigenvalue weighted by atomic mass is 32.2. The van der Waals surface area contributed by atoms with Crippen LogP contribution in [0.4, 0.5) is 0 Å². The van der Waals surface area contributed by atoms with Gasteiger partial charge in [-0.25, -0.2) is 0 Å². The monoisotopic (exact) mass is 377 g/mol. The molecular weight excluding hydrogens is 350 g/mol. The number of hydrogen-bond acceptors (Lipinski definition) is 5. The van der Waals surface area contributed by atoms with Crippen LogP contribution >= 0.6 is 11.8 Å². The summed E-state index contributed by atoms with van der Waals surface area (Å²) in [6.07, 6.45) is 0.552. The second kappa shape index (κ2) is 8.77. The predicted octanol–water partition coefficient (Wildman–Crippen LogP) is 1.38. The molecule has 0 saturated carbocycles. The summed E-state index contributed by atoms with van der Waals surface area (Å²) in [7, 11) is 1.61. The number of benzene rings is 1. The van der Waals surface area contributed by atoms with E-state index in [-0.39, 0.29) is 17.9 Å². The molecule has 3 rings (SSSR count). The van der Waals surface area contributed by atoms with E-state index in [0.717, 1.165) is 29.4 Å². The number of carbonyl (C=O) groups is 2. The summed E-state index contributed by atoms with van der Waals surface area (Å²) in [5, 5.41) is 3.41. The molecule has 142 valence electrons. The number of nitrogens with zero attached hydrogens (tertiary/aromatic N) is 2. The molecule has 1 N–H and O–H groups in total. The van der Waals surface area contributed by atoms with Crippen LogP contribution in [0.3, 0.4) is 0 Å². The molecule has 2 fully saturated rings. The van der Waals surface area contributed by atoms with Crippen molar-refractivity contribution < 1.29 is 14.3 Å². The average Bonchev–Trinajstić information content (AvgIpc) is 2.68. The molecule has 26 heavy (non-hydrogen) atoms. The number of amides is 2. The molecule has 1 aromatic carbocycles. The zero-order valence-corrected chi connectivity index (χ0v) is 16.3. The van der Waals surface area contributed by atoms with Gasteiger partial charge in [-0.1, -0.05) is 6.07 Å². The van der Waals surface area contributed by atoms with Crippen LogP contribution in [-0.4, -0.2) is 79.0 Å². The van der Waals surface area contributed by atoms with Crippen LogP contribution < -0.4 is 10.1 Å². The summed E-state index contributed by atoms with van der Waals surface area (Å²) in [4.78, 5) is 28.9. The Morgan fingerprint density at radius 1 is 1.23 bits per heavy atom. The fourth-order valence-corrected chi connectivity index (χ4v) is 4.33. The van der Waals surface area contributed by atoms with E-state index in [9.17, 15) is 9.59 Å². The lowest BCUT2D eigenvalue weighted by atomic mass is 10.1. The molecule has 2 amide bonds. The van der Waals surface area contributed by atoms with Crippen molar-refractivity contribution in [3.63, 3.8) is 0 Å². The SMILES string of the molecule is COc1cc(C(=O)N2CCN(C(=O)CC3CSCCN3)CC2)ccc1C. The number of aryl methyl sites for hydroxylation is 1. The van der Waals surface area contributed by atoms with Crippen molar-refractivity contribution in [1.29, 1.82) is 0 Å². The lowest BCUT2D eigenvalue weighted by Crippen LogP contribution is -2.52. The maximum atomic E-state index is 12.7. The number of thioether (sulfide) groups is 1. The van der Waals surface area contributed by atoms with Gasteiger partial charge in [0.05, 0.1) is 7.11 Å². The third kappa shape index (κ3) is 4.51. The van der Waals surface area contributed by atoms with E-state index in [4.69, 9.17) is 4.74 Å². The maximum Gasteiger partial charge on any atom is 0.254 e. The molecule has 1 aromatic rings. The quantitative estimate of drug-likeness (QED) is 0.859. The Labute approximate surface area is 159 Å². The minimum atomic E-state index is 0.000691. The lowest BCUT2D eigenvalue weighted by molar-refractivity contribution is -0.133. The van der Waals surface area contributed by atoms with Gasteiger partial charge in [0.15, 0.2) is 0 Å². The van der Waals surface area contributed by atoms with Crippen molar-refractivity contribution in [3.8, 4) is 5.75 Å². The van der Waals surface area contributed by atoms with Gasteiger partial charge in [0.1, 0.15) is 5.75 Å². The van der Waals surface area contributed by atoms with Gasteiger partial charge in [-0.3, -0.25) is 9.59 Å². The molecule has 2 aliphatic heterocycles. The van der Waals surface area contributed by atoms with Gasteiger partial charge in [0.25, 0.3) is 5.91 Å². The summed E-state index contributed by atoms with van der Waals surface area (Å²) in [6.45, 7) is 5.30. The first kappa shape index (κ1) is 19.0. The Morgan fingerprint density at radius 3 is 2.62 bits per heavy atom. The highest BCUT2D eigenvalue weighted by Crippen LogP contribution is 2.21. The first-order chi connectivity index (χ1) is 12.6. The van der Waals surface area contributed by atoms with E-state index < -0.39 is 0 Å². The van der Waals surface area contributed by atoms with Gasteiger partial charge in [-0.2, -0.15) is 11.8 Å².